The molecule has 3 rings (SSSR count). The average Bonchev–Trinajstić information content (AvgIpc) is 2.65. The molecule has 0 aromatic heterocycles. The van der Waals surface area contributed by atoms with Crippen molar-refractivity contribution in [3.63, 3.8) is 0 Å². The summed E-state index contributed by atoms with van der Waals surface area (Å²) >= 11 is 6.01. The monoisotopic (exact) mass is 370 g/mol. The summed E-state index contributed by atoms with van der Waals surface area (Å²) < 4.78 is 24.8. The molecule has 0 saturated carbocycles. The van der Waals surface area contributed by atoms with Gasteiger partial charge >= 0.3 is 0 Å². The van der Waals surface area contributed by atoms with Crippen LogP contribution in [-0.2, 0) is 6.42 Å². The van der Waals surface area contributed by atoms with E-state index in [4.69, 9.17) is 21.1 Å². The Kier molecular flexibility index (Phi) is 5.48. The highest BCUT2D eigenvalue weighted by Crippen LogP contribution is 2.31. The Morgan fingerprint density at radius 1 is 0.885 bits per heavy atom. The van der Waals surface area contributed by atoms with Gasteiger partial charge in [-0.2, -0.15) is 0 Å². The first-order valence-corrected chi connectivity index (χ1v) is 8.65. The van der Waals surface area contributed by atoms with Gasteiger partial charge in [-0.3, -0.25) is 0 Å². The van der Waals surface area contributed by atoms with Crippen molar-refractivity contribution >= 4 is 11.6 Å². The van der Waals surface area contributed by atoms with Crippen molar-refractivity contribution in [3.05, 3.63) is 82.1 Å². The lowest BCUT2D eigenvalue weighted by molar-refractivity contribution is 0.391. The summed E-state index contributed by atoms with van der Waals surface area (Å²) in [6.07, 6.45) is 0.720. The first kappa shape index (κ1) is 18.3. The zero-order valence-corrected chi connectivity index (χ0v) is 15.7. The van der Waals surface area contributed by atoms with Crippen molar-refractivity contribution in [2.45, 2.75) is 13.3 Å². The van der Waals surface area contributed by atoms with Gasteiger partial charge in [0.05, 0.1) is 14.2 Å². The van der Waals surface area contributed by atoms with E-state index in [0.717, 1.165) is 40.2 Å². The maximum Gasteiger partial charge on any atom is 0.131 e. The van der Waals surface area contributed by atoms with Gasteiger partial charge in [-0.1, -0.05) is 35.9 Å². The number of ether oxygens (including phenoxy) is 2. The van der Waals surface area contributed by atoms with Crippen LogP contribution in [0.5, 0.6) is 11.5 Å². The van der Waals surface area contributed by atoms with E-state index in [2.05, 4.69) is 0 Å². The number of aryl methyl sites for hydroxylation is 1. The molecule has 0 N–H and O–H groups in total. The van der Waals surface area contributed by atoms with Crippen LogP contribution in [0, 0.1) is 12.7 Å². The SMILES string of the molecule is COc1ccc(Cc2ccc(-c3cc(Cl)ccc3F)cc2C)c(OC)c1. The highest BCUT2D eigenvalue weighted by atomic mass is 35.5. The number of methoxy groups -OCH3 is 2. The summed E-state index contributed by atoms with van der Waals surface area (Å²) in [5, 5.41) is 0.520. The van der Waals surface area contributed by atoms with Crippen LogP contribution in [0.15, 0.2) is 54.6 Å². The molecule has 134 valence electrons. The van der Waals surface area contributed by atoms with Gasteiger partial charge in [0.15, 0.2) is 0 Å². The van der Waals surface area contributed by atoms with E-state index in [1.165, 1.54) is 6.07 Å². The number of hydrogen-bond donors (Lipinski definition) is 0. The molecule has 0 fully saturated rings. The van der Waals surface area contributed by atoms with E-state index in [-0.39, 0.29) is 5.82 Å². The zero-order valence-electron chi connectivity index (χ0n) is 15.0. The number of hydrogen-bond acceptors (Lipinski definition) is 2. The quantitative estimate of drug-likeness (QED) is 0.543. The van der Waals surface area contributed by atoms with Gasteiger partial charge in [-0.05, 0) is 53.4 Å². The lowest BCUT2D eigenvalue weighted by Gasteiger charge is -2.13. The Labute approximate surface area is 158 Å². The highest BCUT2D eigenvalue weighted by molar-refractivity contribution is 6.30. The van der Waals surface area contributed by atoms with Crippen LogP contribution >= 0.6 is 11.6 Å². The fourth-order valence-corrected chi connectivity index (χ4v) is 3.16. The number of rotatable bonds is 5. The van der Waals surface area contributed by atoms with E-state index in [9.17, 15) is 4.39 Å². The summed E-state index contributed by atoms with van der Waals surface area (Å²) in [5.41, 5.74) is 4.62. The minimum Gasteiger partial charge on any atom is -0.497 e. The standard InChI is InChI=1S/C22H20ClFO2/c1-14-10-16(20-12-18(23)7-9-21(20)24)5-4-15(14)11-17-6-8-19(25-2)13-22(17)26-3/h4-10,12-13H,11H2,1-3H3. The van der Waals surface area contributed by atoms with Gasteiger partial charge in [-0.15, -0.1) is 0 Å². The summed E-state index contributed by atoms with van der Waals surface area (Å²) in [7, 11) is 3.28. The molecule has 0 bridgehead atoms. The van der Waals surface area contributed by atoms with Crippen LogP contribution in [0.25, 0.3) is 11.1 Å². The number of benzene rings is 3. The molecule has 0 saturated heterocycles. The third kappa shape index (κ3) is 3.83. The fraction of sp³-hybridized carbons (Fsp3) is 0.182. The molecule has 2 nitrogen and oxygen atoms in total. The molecule has 4 heteroatoms. The molecule has 0 heterocycles. The van der Waals surface area contributed by atoms with Crippen LogP contribution in [0.1, 0.15) is 16.7 Å². The van der Waals surface area contributed by atoms with Gasteiger partial charge in [0.2, 0.25) is 0 Å². The fourth-order valence-electron chi connectivity index (χ4n) is 2.98. The summed E-state index contributed by atoms with van der Waals surface area (Å²) in [6.45, 7) is 2.03. The Morgan fingerprint density at radius 2 is 1.65 bits per heavy atom. The Balaban J connectivity index is 1.92. The molecular weight excluding hydrogens is 351 g/mol. The van der Waals surface area contributed by atoms with Crippen molar-refractivity contribution < 1.29 is 13.9 Å². The minimum absolute atomic E-state index is 0.279. The molecule has 0 aliphatic carbocycles. The average molecular weight is 371 g/mol. The maximum absolute atomic E-state index is 14.1. The summed E-state index contributed by atoms with van der Waals surface area (Å²) in [6, 6.07) is 16.3. The second kappa shape index (κ2) is 7.79. The predicted molar refractivity (Wildman–Crippen MR) is 104 cm³/mol. The van der Waals surface area contributed by atoms with Crippen molar-refractivity contribution in [2.24, 2.45) is 0 Å². The normalized spacial score (nSPS) is 10.7. The van der Waals surface area contributed by atoms with E-state index in [0.29, 0.717) is 10.6 Å². The summed E-state index contributed by atoms with van der Waals surface area (Å²) in [4.78, 5) is 0. The molecule has 3 aromatic carbocycles. The van der Waals surface area contributed by atoms with Crippen molar-refractivity contribution in [3.8, 4) is 22.6 Å². The van der Waals surface area contributed by atoms with Crippen molar-refractivity contribution in [1.29, 1.82) is 0 Å². The molecule has 0 aliphatic rings. The minimum atomic E-state index is -0.279. The second-order valence-electron chi connectivity index (χ2n) is 6.12. The largest absolute Gasteiger partial charge is 0.497 e. The number of halogens is 2. The highest BCUT2D eigenvalue weighted by Gasteiger charge is 2.11. The topological polar surface area (TPSA) is 18.5 Å². The molecule has 3 aromatic rings. The van der Waals surface area contributed by atoms with Crippen molar-refractivity contribution in [2.75, 3.05) is 14.2 Å². The van der Waals surface area contributed by atoms with Crippen LogP contribution in [-0.4, -0.2) is 14.2 Å². The smallest absolute Gasteiger partial charge is 0.131 e. The molecule has 0 spiro atoms. The third-order valence-corrected chi connectivity index (χ3v) is 4.69. The zero-order chi connectivity index (χ0) is 18.7. The van der Waals surface area contributed by atoms with E-state index in [1.54, 1.807) is 26.4 Å². The van der Waals surface area contributed by atoms with E-state index >= 15 is 0 Å². The maximum atomic E-state index is 14.1. The van der Waals surface area contributed by atoms with Gasteiger partial charge in [0.1, 0.15) is 17.3 Å². The molecule has 0 aliphatic heterocycles. The third-order valence-electron chi connectivity index (χ3n) is 4.46. The first-order chi connectivity index (χ1) is 12.5. The van der Waals surface area contributed by atoms with Gasteiger partial charge in [0, 0.05) is 23.1 Å². The molecule has 0 atom stereocenters. The van der Waals surface area contributed by atoms with Gasteiger partial charge in [-0.25, -0.2) is 4.39 Å². The van der Waals surface area contributed by atoms with E-state index < -0.39 is 0 Å². The Hall–Kier alpha value is -2.52. The second-order valence-corrected chi connectivity index (χ2v) is 6.56. The van der Waals surface area contributed by atoms with Crippen LogP contribution in [0.3, 0.4) is 0 Å². The molecule has 26 heavy (non-hydrogen) atoms. The van der Waals surface area contributed by atoms with E-state index in [1.807, 2.05) is 43.3 Å². The first-order valence-electron chi connectivity index (χ1n) is 8.27. The van der Waals surface area contributed by atoms with Crippen LogP contribution < -0.4 is 9.47 Å². The predicted octanol–water partition coefficient (Wildman–Crippen LogP) is 6.06. The van der Waals surface area contributed by atoms with Crippen molar-refractivity contribution in [1.82, 2.24) is 0 Å². The van der Waals surface area contributed by atoms with Gasteiger partial charge < -0.3 is 9.47 Å². The lowest BCUT2D eigenvalue weighted by atomic mass is 9.95. The molecule has 0 radical (unpaired) electrons. The summed E-state index contributed by atoms with van der Waals surface area (Å²) in [5.74, 6) is 1.26. The molecular formula is C22H20ClFO2. The Morgan fingerprint density at radius 3 is 2.35 bits per heavy atom. The molecule has 0 unspecified atom stereocenters. The Bertz CT molecular complexity index is 937. The lowest BCUT2D eigenvalue weighted by Crippen LogP contribution is -1.97. The van der Waals surface area contributed by atoms with Crippen LogP contribution in [0.2, 0.25) is 5.02 Å². The van der Waals surface area contributed by atoms with Crippen LogP contribution in [0.4, 0.5) is 4.39 Å². The molecule has 0 amide bonds. The van der Waals surface area contributed by atoms with Gasteiger partial charge in [0.25, 0.3) is 0 Å².